The van der Waals surface area contributed by atoms with Crippen LogP contribution in [0, 0.1) is 0 Å². The van der Waals surface area contributed by atoms with Gasteiger partial charge >= 0.3 is 0 Å². The Balaban J connectivity index is 0.00000288. The first-order valence-corrected chi connectivity index (χ1v) is 9.46. The number of amides is 1. The number of hydrogen-bond acceptors (Lipinski definition) is 6. The van der Waals surface area contributed by atoms with Crippen LogP contribution in [0.1, 0.15) is 13.8 Å². The fraction of sp³-hybridized carbons (Fsp3) is 0.286. The first-order valence-electron chi connectivity index (χ1n) is 6.69. The average Bonchev–Trinajstić information content (AvgIpc) is 2.85. The lowest BCUT2D eigenvalue weighted by Gasteiger charge is -2.16. The van der Waals surface area contributed by atoms with Crippen LogP contribution in [0.3, 0.4) is 0 Å². The molecule has 2 aromatic rings. The molecule has 0 saturated carbocycles. The molecule has 1 aromatic carbocycles. The van der Waals surface area contributed by atoms with Crippen LogP contribution in [0.15, 0.2) is 29.6 Å². The summed E-state index contributed by atoms with van der Waals surface area (Å²) in [5.74, 6) is -0.314. The third-order valence-electron chi connectivity index (χ3n) is 2.79. The van der Waals surface area contributed by atoms with E-state index in [4.69, 9.17) is 5.73 Å². The van der Waals surface area contributed by atoms with Crippen LogP contribution < -0.4 is 15.8 Å². The molecule has 4 N–H and O–H groups in total. The van der Waals surface area contributed by atoms with Crippen LogP contribution in [0.4, 0.5) is 10.8 Å². The Morgan fingerprint density at radius 2 is 1.83 bits per heavy atom. The van der Waals surface area contributed by atoms with E-state index >= 15 is 0 Å². The zero-order valence-corrected chi connectivity index (χ0v) is 15.8. The lowest BCUT2D eigenvalue weighted by molar-refractivity contribution is -0.120. The van der Waals surface area contributed by atoms with Gasteiger partial charge in [-0.05, 0) is 26.0 Å². The molecule has 2 rings (SSSR count). The standard InChI is InChI=1S/C14H18N4O3S2.ClH/c1-14(2,15)12(19)17-13-16-11(8-22-13)9-4-6-10(7-5-9)18-23(3,20)21;/h4-8,18H,15H2,1-3H3,(H,16,17,19);1H. The summed E-state index contributed by atoms with van der Waals surface area (Å²) >= 11 is 1.29. The fourth-order valence-electron chi connectivity index (χ4n) is 1.65. The summed E-state index contributed by atoms with van der Waals surface area (Å²) in [6.07, 6.45) is 1.09. The van der Waals surface area contributed by atoms with E-state index in [-0.39, 0.29) is 18.3 Å². The number of anilines is 2. The highest BCUT2D eigenvalue weighted by atomic mass is 35.5. The van der Waals surface area contributed by atoms with Gasteiger partial charge in [0.1, 0.15) is 0 Å². The Labute approximate surface area is 151 Å². The molecule has 1 amide bonds. The molecule has 0 aliphatic carbocycles. The van der Waals surface area contributed by atoms with Crippen LogP contribution in [0.25, 0.3) is 11.3 Å². The number of nitrogens with one attached hydrogen (secondary N) is 2. The molecule has 0 fully saturated rings. The maximum Gasteiger partial charge on any atom is 0.245 e. The number of aromatic nitrogens is 1. The summed E-state index contributed by atoms with van der Waals surface area (Å²) in [5.41, 5.74) is 6.71. The molecule has 0 saturated heterocycles. The van der Waals surface area contributed by atoms with E-state index in [1.54, 1.807) is 43.5 Å². The second kappa shape index (κ2) is 7.47. The summed E-state index contributed by atoms with van der Waals surface area (Å²) in [6, 6.07) is 6.80. The number of carbonyl (C=O) groups is 1. The van der Waals surface area contributed by atoms with Crippen molar-refractivity contribution in [1.82, 2.24) is 4.98 Å². The van der Waals surface area contributed by atoms with Crippen molar-refractivity contribution in [2.75, 3.05) is 16.3 Å². The highest BCUT2D eigenvalue weighted by molar-refractivity contribution is 7.92. The maximum atomic E-state index is 11.8. The largest absolute Gasteiger partial charge is 0.318 e. The van der Waals surface area contributed by atoms with E-state index in [2.05, 4.69) is 15.0 Å². The first kappa shape index (κ1) is 20.4. The van der Waals surface area contributed by atoms with E-state index in [1.807, 2.05) is 0 Å². The van der Waals surface area contributed by atoms with Gasteiger partial charge in [-0.15, -0.1) is 23.7 Å². The van der Waals surface area contributed by atoms with E-state index in [9.17, 15) is 13.2 Å². The number of thiazole rings is 1. The van der Waals surface area contributed by atoms with Crippen molar-refractivity contribution in [3.05, 3.63) is 29.6 Å². The molecule has 0 atom stereocenters. The molecule has 1 aromatic heterocycles. The number of sulfonamides is 1. The summed E-state index contributed by atoms with van der Waals surface area (Å²) in [4.78, 5) is 16.2. The van der Waals surface area contributed by atoms with E-state index in [1.165, 1.54) is 11.3 Å². The Morgan fingerprint density at radius 3 is 2.33 bits per heavy atom. The summed E-state index contributed by atoms with van der Waals surface area (Å²) in [6.45, 7) is 3.23. The Hall–Kier alpha value is -1.68. The zero-order valence-electron chi connectivity index (χ0n) is 13.4. The molecule has 0 radical (unpaired) electrons. The molecule has 10 heteroatoms. The van der Waals surface area contributed by atoms with Gasteiger partial charge < -0.3 is 11.1 Å². The van der Waals surface area contributed by atoms with Crippen molar-refractivity contribution in [3.63, 3.8) is 0 Å². The first-order chi connectivity index (χ1) is 10.5. The van der Waals surface area contributed by atoms with Crippen LogP contribution >= 0.6 is 23.7 Å². The second-order valence-electron chi connectivity index (χ2n) is 5.67. The van der Waals surface area contributed by atoms with Gasteiger partial charge in [0.25, 0.3) is 0 Å². The lowest BCUT2D eigenvalue weighted by Crippen LogP contribution is -2.45. The van der Waals surface area contributed by atoms with Gasteiger partial charge in [0.15, 0.2) is 5.13 Å². The molecule has 1 heterocycles. The maximum absolute atomic E-state index is 11.8. The monoisotopic (exact) mass is 390 g/mol. The molecule has 0 spiro atoms. The minimum absolute atomic E-state index is 0. The minimum atomic E-state index is -3.30. The molecule has 0 bridgehead atoms. The lowest BCUT2D eigenvalue weighted by atomic mass is 10.1. The highest BCUT2D eigenvalue weighted by Gasteiger charge is 2.22. The van der Waals surface area contributed by atoms with Gasteiger partial charge in [-0.25, -0.2) is 13.4 Å². The predicted molar refractivity (Wildman–Crippen MR) is 100 cm³/mol. The number of carbonyl (C=O) groups excluding carboxylic acids is 1. The van der Waals surface area contributed by atoms with Crippen molar-refractivity contribution in [3.8, 4) is 11.3 Å². The molecular weight excluding hydrogens is 372 g/mol. The Morgan fingerprint density at radius 1 is 1.25 bits per heavy atom. The number of benzene rings is 1. The molecule has 132 valence electrons. The van der Waals surface area contributed by atoms with Crippen LogP contribution in [0.2, 0.25) is 0 Å². The topological polar surface area (TPSA) is 114 Å². The normalized spacial score (nSPS) is 11.5. The van der Waals surface area contributed by atoms with Gasteiger partial charge in [0.2, 0.25) is 15.9 Å². The summed E-state index contributed by atoms with van der Waals surface area (Å²) in [5, 5.41) is 4.93. The van der Waals surface area contributed by atoms with Crippen molar-refractivity contribution in [1.29, 1.82) is 0 Å². The highest BCUT2D eigenvalue weighted by Crippen LogP contribution is 2.26. The second-order valence-corrected chi connectivity index (χ2v) is 8.27. The van der Waals surface area contributed by atoms with E-state index < -0.39 is 15.6 Å². The van der Waals surface area contributed by atoms with Crippen LogP contribution in [-0.2, 0) is 14.8 Å². The van der Waals surface area contributed by atoms with Crippen LogP contribution in [-0.4, -0.2) is 31.1 Å². The van der Waals surface area contributed by atoms with Gasteiger partial charge in [0, 0.05) is 16.6 Å². The molecule has 0 aliphatic heterocycles. The molecule has 7 nitrogen and oxygen atoms in total. The van der Waals surface area contributed by atoms with E-state index in [0.29, 0.717) is 16.5 Å². The minimum Gasteiger partial charge on any atom is -0.318 e. The van der Waals surface area contributed by atoms with Gasteiger partial charge in [-0.1, -0.05) is 12.1 Å². The number of nitrogens with two attached hydrogens (primary N) is 1. The molecule has 24 heavy (non-hydrogen) atoms. The molecular formula is C14H19ClN4O3S2. The van der Waals surface area contributed by atoms with E-state index in [0.717, 1.165) is 11.8 Å². The summed E-state index contributed by atoms with van der Waals surface area (Å²) < 4.78 is 24.7. The Kier molecular flexibility index (Phi) is 6.34. The van der Waals surface area contributed by atoms with Crippen molar-refractivity contribution in [2.24, 2.45) is 5.73 Å². The smallest absolute Gasteiger partial charge is 0.245 e. The average molecular weight is 391 g/mol. The van der Waals surface area contributed by atoms with Crippen molar-refractivity contribution >= 4 is 50.5 Å². The van der Waals surface area contributed by atoms with Crippen molar-refractivity contribution in [2.45, 2.75) is 19.4 Å². The number of halogens is 1. The third kappa shape index (κ3) is 5.75. The quantitative estimate of drug-likeness (QED) is 0.724. The third-order valence-corrected chi connectivity index (χ3v) is 4.16. The molecule has 0 unspecified atom stereocenters. The Bertz CT molecular complexity index is 811. The number of nitrogens with zero attached hydrogens (tertiary/aromatic N) is 1. The zero-order chi connectivity index (χ0) is 17.3. The number of hydrogen-bond donors (Lipinski definition) is 3. The predicted octanol–water partition coefficient (Wildman–Crippen LogP) is 2.28. The molecule has 0 aliphatic rings. The van der Waals surface area contributed by atoms with Gasteiger partial charge in [-0.3, -0.25) is 9.52 Å². The summed E-state index contributed by atoms with van der Waals surface area (Å²) in [7, 11) is -3.30. The van der Waals surface area contributed by atoms with Crippen LogP contribution in [0.5, 0.6) is 0 Å². The van der Waals surface area contributed by atoms with Gasteiger partial charge in [0.05, 0.1) is 17.5 Å². The van der Waals surface area contributed by atoms with Crippen molar-refractivity contribution < 1.29 is 13.2 Å². The van der Waals surface area contributed by atoms with Gasteiger partial charge in [-0.2, -0.15) is 0 Å². The number of rotatable bonds is 5. The SMILES string of the molecule is CC(C)(N)C(=O)Nc1nc(-c2ccc(NS(C)(=O)=O)cc2)cs1.Cl. The fourth-order valence-corrected chi connectivity index (χ4v) is 2.92.